The zero-order valence-corrected chi connectivity index (χ0v) is 20.3. The Balaban J connectivity index is 1.57. The van der Waals surface area contributed by atoms with E-state index < -0.39 is 0 Å². The van der Waals surface area contributed by atoms with Crippen LogP contribution in [0.25, 0.3) is 11.1 Å². The zero-order chi connectivity index (χ0) is 24.3. The number of carbonyl (C=O) groups excluding carboxylic acids is 3. The van der Waals surface area contributed by atoms with Crippen molar-refractivity contribution in [1.29, 1.82) is 0 Å². The molecule has 0 aliphatic heterocycles. The molecule has 0 unspecified atom stereocenters. The van der Waals surface area contributed by atoms with Crippen LogP contribution in [0.5, 0.6) is 0 Å². The highest BCUT2D eigenvalue weighted by atomic mass is 16.2. The van der Waals surface area contributed by atoms with Gasteiger partial charge in [0.2, 0.25) is 11.8 Å². The van der Waals surface area contributed by atoms with Gasteiger partial charge < -0.3 is 21.3 Å². The summed E-state index contributed by atoms with van der Waals surface area (Å²) in [5.74, 6) is -0.262. The van der Waals surface area contributed by atoms with Crippen LogP contribution in [0.15, 0.2) is 36.4 Å². The lowest BCUT2D eigenvalue weighted by Crippen LogP contribution is -2.22. The Morgan fingerprint density at radius 1 is 0.647 bits per heavy atom. The van der Waals surface area contributed by atoms with Crippen molar-refractivity contribution in [1.82, 2.24) is 10.6 Å². The van der Waals surface area contributed by atoms with Gasteiger partial charge in [0.1, 0.15) is 0 Å². The number of benzene rings is 2. The van der Waals surface area contributed by atoms with E-state index in [1.165, 1.54) is 0 Å². The van der Waals surface area contributed by atoms with E-state index in [1.54, 1.807) is 12.1 Å². The number of unbranched alkanes of at least 4 members (excludes halogenated alkanes) is 2. The summed E-state index contributed by atoms with van der Waals surface area (Å²) in [5.41, 5.74) is 4.05. The first kappa shape index (κ1) is 25.6. The van der Waals surface area contributed by atoms with Gasteiger partial charge in [-0.3, -0.25) is 14.4 Å². The van der Waals surface area contributed by atoms with E-state index in [1.807, 2.05) is 24.3 Å². The molecule has 0 saturated carbocycles. The summed E-state index contributed by atoms with van der Waals surface area (Å²) >= 11 is 0. The molecule has 1 aliphatic carbocycles. The highest BCUT2D eigenvalue weighted by molar-refractivity contribution is 6.22. The standard InChI is InChI=1S/C27H36N4O3/c1-3-5-13-28-15-11-25(32)30-19-7-9-21-22-10-8-20(18-24(22)27(34)23(21)17-19)31-26(33)12-16-29-14-6-4-2/h7-10,17-18,28-29H,3-6,11-16H2,1-2H3,(H,30,32)(H,31,33). The van der Waals surface area contributed by atoms with Crippen molar-refractivity contribution < 1.29 is 14.4 Å². The number of hydrogen-bond acceptors (Lipinski definition) is 5. The average Bonchev–Trinajstić information content (AvgIpc) is 3.10. The van der Waals surface area contributed by atoms with Crippen LogP contribution in [0.1, 0.15) is 68.3 Å². The van der Waals surface area contributed by atoms with Gasteiger partial charge in [0.15, 0.2) is 5.78 Å². The molecule has 4 N–H and O–H groups in total. The summed E-state index contributed by atoms with van der Waals surface area (Å²) in [6.45, 7) is 7.34. The van der Waals surface area contributed by atoms with Gasteiger partial charge >= 0.3 is 0 Å². The van der Waals surface area contributed by atoms with Crippen LogP contribution >= 0.6 is 0 Å². The molecule has 34 heavy (non-hydrogen) atoms. The van der Waals surface area contributed by atoms with Gasteiger partial charge in [-0.25, -0.2) is 0 Å². The van der Waals surface area contributed by atoms with Crippen LogP contribution in [-0.4, -0.2) is 43.8 Å². The van der Waals surface area contributed by atoms with Crippen molar-refractivity contribution in [3.8, 4) is 11.1 Å². The average molecular weight is 465 g/mol. The van der Waals surface area contributed by atoms with Crippen LogP contribution in [0.3, 0.4) is 0 Å². The van der Waals surface area contributed by atoms with Crippen LogP contribution < -0.4 is 21.3 Å². The highest BCUT2D eigenvalue weighted by Crippen LogP contribution is 2.39. The monoisotopic (exact) mass is 464 g/mol. The molecule has 0 aromatic heterocycles. The van der Waals surface area contributed by atoms with Gasteiger partial charge in [0.05, 0.1) is 0 Å². The van der Waals surface area contributed by atoms with E-state index in [0.29, 0.717) is 48.4 Å². The minimum absolute atomic E-state index is 0.0823. The number of amides is 2. The third-order valence-corrected chi connectivity index (χ3v) is 5.86. The number of ketones is 1. The minimum Gasteiger partial charge on any atom is -0.326 e. The molecule has 2 amide bonds. The lowest BCUT2D eigenvalue weighted by atomic mass is 10.0. The predicted octanol–water partition coefficient (Wildman–Crippen LogP) is 4.33. The largest absolute Gasteiger partial charge is 0.326 e. The maximum Gasteiger partial charge on any atom is 0.225 e. The van der Waals surface area contributed by atoms with Crippen LogP contribution in [0.2, 0.25) is 0 Å². The zero-order valence-electron chi connectivity index (χ0n) is 20.3. The van der Waals surface area contributed by atoms with Crippen molar-refractivity contribution >= 4 is 29.0 Å². The van der Waals surface area contributed by atoms with E-state index in [2.05, 4.69) is 35.1 Å². The third-order valence-electron chi connectivity index (χ3n) is 5.86. The smallest absolute Gasteiger partial charge is 0.225 e. The molecule has 3 rings (SSSR count). The number of fused-ring (bicyclic) bond motifs is 3. The number of carbonyl (C=O) groups is 3. The summed E-state index contributed by atoms with van der Waals surface area (Å²) in [5, 5.41) is 12.3. The van der Waals surface area contributed by atoms with Gasteiger partial charge in [-0.1, -0.05) is 38.8 Å². The fourth-order valence-electron chi connectivity index (χ4n) is 3.94. The molecule has 2 aromatic rings. The normalized spacial score (nSPS) is 11.8. The highest BCUT2D eigenvalue weighted by Gasteiger charge is 2.27. The van der Waals surface area contributed by atoms with Gasteiger partial charge in [-0.05, 0) is 61.3 Å². The molecular weight excluding hydrogens is 428 g/mol. The lowest BCUT2D eigenvalue weighted by molar-refractivity contribution is -0.116. The molecule has 0 atom stereocenters. The SMILES string of the molecule is CCCCNCCC(=O)Nc1ccc2c(c1)C(=O)c1cc(NC(=O)CCNCCCC)ccc1-2. The van der Waals surface area contributed by atoms with E-state index >= 15 is 0 Å². The van der Waals surface area contributed by atoms with E-state index in [-0.39, 0.29) is 17.6 Å². The second kappa shape index (κ2) is 13.0. The van der Waals surface area contributed by atoms with Crippen molar-refractivity contribution in [2.24, 2.45) is 0 Å². The Bertz CT molecular complexity index is 939. The predicted molar refractivity (Wildman–Crippen MR) is 137 cm³/mol. The van der Waals surface area contributed by atoms with Crippen LogP contribution in [0.4, 0.5) is 11.4 Å². The first-order valence-electron chi connectivity index (χ1n) is 12.4. The van der Waals surface area contributed by atoms with Crippen molar-refractivity contribution in [2.75, 3.05) is 36.8 Å². The molecule has 0 heterocycles. The molecule has 0 fully saturated rings. The molecule has 0 bridgehead atoms. The molecule has 7 nitrogen and oxygen atoms in total. The maximum atomic E-state index is 13.1. The molecule has 0 radical (unpaired) electrons. The Morgan fingerprint density at radius 3 is 1.50 bits per heavy atom. The molecule has 7 heteroatoms. The molecule has 182 valence electrons. The van der Waals surface area contributed by atoms with Crippen molar-refractivity contribution in [3.05, 3.63) is 47.5 Å². The lowest BCUT2D eigenvalue weighted by Gasteiger charge is -2.08. The summed E-state index contributed by atoms with van der Waals surface area (Å²) in [6.07, 6.45) is 5.19. The van der Waals surface area contributed by atoms with E-state index in [9.17, 15) is 14.4 Å². The first-order valence-corrected chi connectivity index (χ1v) is 12.4. The number of nitrogens with one attached hydrogen (secondary N) is 4. The summed E-state index contributed by atoms with van der Waals surface area (Å²) < 4.78 is 0. The Labute approximate surface area is 202 Å². The first-order chi connectivity index (χ1) is 16.5. The van der Waals surface area contributed by atoms with Gasteiger partial charge in [-0.2, -0.15) is 0 Å². The molecule has 0 saturated heterocycles. The summed E-state index contributed by atoms with van der Waals surface area (Å²) in [7, 11) is 0. The Morgan fingerprint density at radius 2 is 1.09 bits per heavy atom. The minimum atomic E-state index is -0.0975. The maximum absolute atomic E-state index is 13.1. The van der Waals surface area contributed by atoms with E-state index in [0.717, 1.165) is 49.9 Å². The second-order valence-corrected chi connectivity index (χ2v) is 8.65. The van der Waals surface area contributed by atoms with Crippen LogP contribution in [0, 0.1) is 0 Å². The molecule has 0 spiro atoms. The molecule has 2 aromatic carbocycles. The summed E-state index contributed by atoms with van der Waals surface area (Å²) in [4.78, 5) is 37.5. The molecular formula is C27H36N4O3. The summed E-state index contributed by atoms with van der Waals surface area (Å²) in [6, 6.07) is 10.9. The number of hydrogen-bond donors (Lipinski definition) is 4. The van der Waals surface area contributed by atoms with Crippen molar-refractivity contribution in [3.63, 3.8) is 0 Å². The van der Waals surface area contributed by atoms with Crippen LogP contribution in [-0.2, 0) is 9.59 Å². The van der Waals surface area contributed by atoms with Gasteiger partial charge in [0.25, 0.3) is 0 Å². The topological polar surface area (TPSA) is 99.3 Å². The number of rotatable bonds is 14. The second-order valence-electron chi connectivity index (χ2n) is 8.65. The van der Waals surface area contributed by atoms with E-state index in [4.69, 9.17) is 0 Å². The molecule has 1 aliphatic rings. The van der Waals surface area contributed by atoms with Gasteiger partial charge in [0, 0.05) is 48.4 Å². The Kier molecular flexibility index (Phi) is 9.79. The van der Waals surface area contributed by atoms with Gasteiger partial charge in [-0.15, -0.1) is 0 Å². The number of anilines is 2. The quantitative estimate of drug-likeness (QED) is 0.266. The van der Waals surface area contributed by atoms with Crippen molar-refractivity contribution in [2.45, 2.75) is 52.4 Å². The fourth-order valence-corrected chi connectivity index (χ4v) is 3.94. The fraction of sp³-hybridized carbons (Fsp3) is 0.444. The third kappa shape index (κ3) is 6.98. The Hall–Kier alpha value is -3.03.